The van der Waals surface area contributed by atoms with E-state index >= 15 is 0 Å². The first kappa shape index (κ1) is 16.9. The first-order valence-corrected chi connectivity index (χ1v) is 8.17. The van der Waals surface area contributed by atoms with Crippen LogP contribution < -0.4 is 0 Å². The third-order valence-corrected chi connectivity index (χ3v) is 4.06. The van der Waals surface area contributed by atoms with E-state index in [9.17, 15) is 10.2 Å². The minimum atomic E-state index is -0.0342. The quantitative estimate of drug-likeness (QED) is 0.423. The van der Waals surface area contributed by atoms with Gasteiger partial charge in [0, 0.05) is 0 Å². The summed E-state index contributed by atoms with van der Waals surface area (Å²) in [6.07, 6.45) is 11.9. The summed E-state index contributed by atoms with van der Waals surface area (Å²) in [7, 11) is 0. The molecule has 0 aliphatic carbocycles. The molecular formula is C18H30O2. The number of aromatic hydroxyl groups is 2. The minimum Gasteiger partial charge on any atom is -0.504 e. The molecule has 0 aliphatic heterocycles. The summed E-state index contributed by atoms with van der Waals surface area (Å²) in [5.74, 6) is 0.403. The van der Waals surface area contributed by atoms with Crippen molar-refractivity contribution >= 4 is 0 Å². The highest BCUT2D eigenvalue weighted by atomic mass is 16.3. The standard InChI is InChI=1S/C18H30O2/c1-3-4-5-6-7-8-9-10-11-15(2)16-12-13-17(19)18(20)14-16/h12-15,19-20H,3-11H2,1-2H3. The van der Waals surface area contributed by atoms with Crippen molar-refractivity contribution in [1.82, 2.24) is 0 Å². The van der Waals surface area contributed by atoms with Crippen molar-refractivity contribution < 1.29 is 10.2 Å². The molecule has 2 nitrogen and oxygen atoms in total. The highest BCUT2D eigenvalue weighted by molar-refractivity contribution is 5.41. The summed E-state index contributed by atoms with van der Waals surface area (Å²) in [6, 6.07) is 5.17. The molecule has 114 valence electrons. The van der Waals surface area contributed by atoms with Gasteiger partial charge in [-0.2, -0.15) is 0 Å². The third kappa shape index (κ3) is 6.31. The number of benzene rings is 1. The molecule has 0 fully saturated rings. The van der Waals surface area contributed by atoms with Gasteiger partial charge in [0.2, 0.25) is 0 Å². The van der Waals surface area contributed by atoms with Crippen LogP contribution in [0.3, 0.4) is 0 Å². The fraction of sp³-hybridized carbons (Fsp3) is 0.667. The van der Waals surface area contributed by atoms with E-state index in [0.29, 0.717) is 5.92 Å². The Morgan fingerprint density at radius 1 is 0.850 bits per heavy atom. The number of phenols is 2. The maximum absolute atomic E-state index is 9.51. The lowest BCUT2D eigenvalue weighted by Crippen LogP contribution is -1.93. The van der Waals surface area contributed by atoms with Gasteiger partial charge in [-0.1, -0.05) is 71.3 Å². The highest BCUT2D eigenvalue weighted by Crippen LogP contribution is 2.30. The maximum Gasteiger partial charge on any atom is 0.157 e. The molecule has 0 saturated heterocycles. The zero-order valence-electron chi connectivity index (χ0n) is 13.1. The Kier molecular flexibility index (Phi) is 8.17. The van der Waals surface area contributed by atoms with Crippen LogP contribution in [0.1, 0.15) is 83.1 Å². The van der Waals surface area contributed by atoms with Crippen molar-refractivity contribution in [3.05, 3.63) is 23.8 Å². The van der Waals surface area contributed by atoms with Gasteiger partial charge in [-0.25, -0.2) is 0 Å². The van der Waals surface area contributed by atoms with Gasteiger partial charge in [-0.15, -0.1) is 0 Å². The lowest BCUT2D eigenvalue weighted by Gasteiger charge is -2.12. The number of hydrogen-bond acceptors (Lipinski definition) is 2. The fourth-order valence-electron chi connectivity index (χ4n) is 2.60. The molecule has 1 atom stereocenters. The van der Waals surface area contributed by atoms with Crippen LogP contribution in [0.25, 0.3) is 0 Å². The number of unbranched alkanes of at least 4 members (excludes halogenated alkanes) is 7. The normalized spacial score (nSPS) is 12.5. The highest BCUT2D eigenvalue weighted by Gasteiger charge is 2.08. The molecule has 1 rings (SSSR count). The summed E-state index contributed by atoms with van der Waals surface area (Å²) in [4.78, 5) is 0. The second-order valence-electron chi connectivity index (χ2n) is 5.91. The summed E-state index contributed by atoms with van der Waals surface area (Å²) in [5.41, 5.74) is 1.11. The van der Waals surface area contributed by atoms with Gasteiger partial charge >= 0.3 is 0 Å². The molecule has 0 saturated carbocycles. The SMILES string of the molecule is CCCCCCCCCCC(C)c1ccc(O)c(O)c1. The van der Waals surface area contributed by atoms with Crippen molar-refractivity contribution in [3.63, 3.8) is 0 Å². The molecule has 1 unspecified atom stereocenters. The van der Waals surface area contributed by atoms with Gasteiger partial charge in [0.05, 0.1) is 0 Å². The molecule has 0 heterocycles. The Morgan fingerprint density at radius 3 is 2.05 bits per heavy atom. The van der Waals surface area contributed by atoms with Crippen LogP contribution in [0.4, 0.5) is 0 Å². The van der Waals surface area contributed by atoms with E-state index in [1.807, 2.05) is 6.07 Å². The van der Waals surface area contributed by atoms with Gasteiger partial charge in [0.25, 0.3) is 0 Å². The number of phenolic OH excluding ortho intramolecular Hbond substituents is 2. The van der Waals surface area contributed by atoms with E-state index in [2.05, 4.69) is 13.8 Å². The molecule has 0 amide bonds. The van der Waals surface area contributed by atoms with Gasteiger partial charge in [0.15, 0.2) is 11.5 Å². The molecule has 0 radical (unpaired) electrons. The average molecular weight is 278 g/mol. The zero-order valence-corrected chi connectivity index (χ0v) is 13.1. The van der Waals surface area contributed by atoms with Crippen LogP contribution in [0.15, 0.2) is 18.2 Å². The average Bonchev–Trinajstić information content (AvgIpc) is 2.44. The minimum absolute atomic E-state index is 0.00901. The maximum atomic E-state index is 9.51. The van der Waals surface area contributed by atoms with Crippen molar-refractivity contribution in [2.24, 2.45) is 0 Å². The Balaban J connectivity index is 2.13. The molecule has 0 spiro atoms. The molecule has 1 aromatic rings. The summed E-state index contributed by atoms with van der Waals surface area (Å²) in [5, 5.41) is 18.8. The Hall–Kier alpha value is -1.18. The van der Waals surface area contributed by atoms with E-state index < -0.39 is 0 Å². The van der Waals surface area contributed by atoms with Crippen molar-refractivity contribution in [2.75, 3.05) is 0 Å². The van der Waals surface area contributed by atoms with Gasteiger partial charge in [-0.05, 0) is 30.0 Å². The predicted molar refractivity (Wildman–Crippen MR) is 85.4 cm³/mol. The fourth-order valence-corrected chi connectivity index (χ4v) is 2.60. The molecule has 2 heteroatoms. The predicted octanol–water partition coefficient (Wildman–Crippen LogP) is 5.73. The molecule has 0 aromatic heterocycles. The van der Waals surface area contributed by atoms with E-state index in [4.69, 9.17) is 0 Å². The zero-order chi connectivity index (χ0) is 14.8. The van der Waals surface area contributed by atoms with Crippen LogP contribution in [0.2, 0.25) is 0 Å². The summed E-state index contributed by atoms with van der Waals surface area (Å²) < 4.78 is 0. The smallest absolute Gasteiger partial charge is 0.157 e. The van der Waals surface area contributed by atoms with Crippen LogP contribution in [-0.2, 0) is 0 Å². The first-order chi connectivity index (χ1) is 9.65. The van der Waals surface area contributed by atoms with Crippen LogP contribution in [-0.4, -0.2) is 10.2 Å². The molecule has 2 N–H and O–H groups in total. The first-order valence-electron chi connectivity index (χ1n) is 8.17. The Bertz CT molecular complexity index is 374. The number of rotatable bonds is 10. The lowest BCUT2D eigenvalue weighted by molar-refractivity contribution is 0.402. The second kappa shape index (κ2) is 9.68. The van der Waals surface area contributed by atoms with Crippen LogP contribution in [0, 0.1) is 0 Å². The van der Waals surface area contributed by atoms with Crippen LogP contribution >= 0.6 is 0 Å². The lowest BCUT2D eigenvalue weighted by atomic mass is 9.94. The monoisotopic (exact) mass is 278 g/mol. The van der Waals surface area contributed by atoms with E-state index in [-0.39, 0.29) is 11.5 Å². The van der Waals surface area contributed by atoms with Crippen molar-refractivity contribution in [3.8, 4) is 11.5 Å². The second-order valence-corrected chi connectivity index (χ2v) is 5.91. The van der Waals surface area contributed by atoms with Gasteiger partial charge < -0.3 is 10.2 Å². The largest absolute Gasteiger partial charge is 0.504 e. The molecule has 1 aromatic carbocycles. The third-order valence-electron chi connectivity index (χ3n) is 4.06. The summed E-state index contributed by atoms with van der Waals surface area (Å²) in [6.45, 7) is 4.44. The van der Waals surface area contributed by atoms with Crippen molar-refractivity contribution in [2.45, 2.75) is 77.6 Å². The Morgan fingerprint density at radius 2 is 1.45 bits per heavy atom. The van der Waals surface area contributed by atoms with E-state index in [0.717, 1.165) is 12.0 Å². The van der Waals surface area contributed by atoms with E-state index in [1.54, 1.807) is 12.1 Å². The van der Waals surface area contributed by atoms with Gasteiger partial charge in [0.1, 0.15) is 0 Å². The van der Waals surface area contributed by atoms with Crippen molar-refractivity contribution in [1.29, 1.82) is 0 Å². The number of hydrogen-bond donors (Lipinski definition) is 2. The molecule has 0 aliphatic rings. The Labute approximate surface area is 123 Å². The topological polar surface area (TPSA) is 40.5 Å². The molecule has 20 heavy (non-hydrogen) atoms. The summed E-state index contributed by atoms with van der Waals surface area (Å²) >= 11 is 0. The van der Waals surface area contributed by atoms with Crippen LogP contribution in [0.5, 0.6) is 11.5 Å². The van der Waals surface area contributed by atoms with E-state index in [1.165, 1.54) is 51.4 Å². The van der Waals surface area contributed by atoms with Gasteiger partial charge in [-0.3, -0.25) is 0 Å². The molecule has 0 bridgehead atoms. The molecular weight excluding hydrogens is 248 g/mol.